The van der Waals surface area contributed by atoms with E-state index in [1.807, 2.05) is 23.0 Å². The number of halogens is 1. The van der Waals surface area contributed by atoms with Crippen molar-refractivity contribution >= 4 is 12.4 Å². The Balaban J connectivity index is 0.00000220. The van der Waals surface area contributed by atoms with Crippen LogP contribution in [0.15, 0.2) is 36.7 Å². The van der Waals surface area contributed by atoms with Crippen molar-refractivity contribution in [1.82, 2.24) is 15.1 Å². The van der Waals surface area contributed by atoms with Crippen molar-refractivity contribution in [2.45, 2.75) is 32.9 Å². The van der Waals surface area contributed by atoms with Gasteiger partial charge in [-0.15, -0.1) is 12.4 Å². The lowest BCUT2D eigenvalue weighted by atomic mass is 10.1. The van der Waals surface area contributed by atoms with Crippen LogP contribution < -0.4 is 10.1 Å². The van der Waals surface area contributed by atoms with Crippen LogP contribution in [0.3, 0.4) is 0 Å². The average Bonchev–Trinajstić information content (AvgIpc) is 2.93. The summed E-state index contributed by atoms with van der Waals surface area (Å²) in [6, 6.07) is 8.62. The van der Waals surface area contributed by atoms with Crippen molar-refractivity contribution in [3.8, 4) is 5.75 Å². The van der Waals surface area contributed by atoms with Gasteiger partial charge in [0.05, 0.1) is 13.3 Å². The van der Waals surface area contributed by atoms with Gasteiger partial charge in [-0.25, -0.2) is 0 Å². The molecule has 0 saturated carbocycles. The minimum atomic E-state index is 0. The van der Waals surface area contributed by atoms with Crippen LogP contribution >= 0.6 is 12.4 Å². The summed E-state index contributed by atoms with van der Waals surface area (Å²) in [6.45, 7) is 6.07. The molecule has 2 aromatic rings. The van der Waals surface area contributed by atoms with E-state index < -0.39 is 0 Å². The number of hydrogen-bond acceptors (Lipinski definition) is 3. The summed E-state index contributed by atoms with van der Waals surface area (Å²) in [6.07, 6.45) is 5.03. The van der Waals surface area contributed by atoms with Gasteiger partial charge < -0.3 is 10.1 Å². The Bertz CT molecular complexity index is 540. The van der Waals surface area contributed by atoms with Gasteiger partial charge in [-0.3, -0.25) is 4.68 Å². The third-order valence-electron chi connectivity index (χ3n) is 3.24. The summed E-state index contributed by atoms with van der Waals surface area (Å²) in [7, 11) is 1.70. The molecule has 2 rings (SSSR count). The number of rotatable bonds is 7. The van der Waals surface area contributed by atoms with Crippen molar-refractivity contribution in [3.63, 3.8) is 0 Å². The van der Waals surface area contributed by atoms with Crippen LogP contribution in [0.1, 0.15) is 31.0 Å². The number of nitrogens with zero attached hydrogens (tertiary/aromatic N) is 2. The number of benzene rings is 1. The monoisotopic (exact) mass is 309 g/mol. The van der Waals surface area contributed by atoms with Gasteiger partial charge in [-0.1, -0.05) is 12.1 Å². The molecule has 0 bridgehead atoms. The zero-order chi connectivity index (χ0) is 14.4. The first kappa shape index (κ1) is 17.5. The summed E-state index contributed by atoms with van der Waals surface area (Å²) >= 11 is 0. The molecule has 5 heteroatoms. The van der Waals surface area contributed by atoms with Gasteiger partial charge >= 0.3 is 0 Å². The topological polar surface area (TPSA) is 39.1 Å². The van der Waals surface area contributed by atoms with Crippen LogP contribution in [0.5, 0.6) is 5.75 Å². The van der Waals surface area contributed by atoms with E-state index in [4.69, 9.17) is 4.74 Å². The van der Waals surface area contributed by atoms with Crippen molar-refractivity contribution in [2.75, 3.05) is 13.7 Å². The number of aromatic nitrogens is 2. The maximum Gasteiger partial charge on any atom is 0.119 e. The molecular formula is C16H24ClN3O. The molecule has 0 aliphatic rings. The Labute approximate surface area is 132 Å². The van der Waals surface area contributed by atoms with Gasteiger partial charge in [0.15, 0.2) is 0 Å². The number of methoxy groups -OCH3 is 1. The molecule has 1 N–H and O–H groups in total. The maximum atomic E-state index is 5.22. The van der Waals surface area contributed by atoms with E-state index in [9.17, 15) is 0 Å². The molecule has 116 valence electrons. The second-order valence-corrected chi connectivity index (χ2v) is 5.20. The summed E-state index contributed by atoms with van der Waals surface area (Å²) in [5, 5.41) is 7.78. The molecular weight excluding hydrogens is 286 g/mol. The third kappa shape index (κ3) is 5.40. The van der Waals surface area contributed by atoms with Crippen molar-refractivity contribution < 1.29 is 4.74 Å². The lowest BCUT2D eigenvalue weighted by Gasteiger charge is -2.06. The number of ether oxygens (including phenoxy) is 1. The lowest BCUT2D eigenvalue weighted by Crippen LogP contribution is -2.16. The Kier molecular flexibility index (Phi) is 7.26. The molecule has 0 fully saturated rings. The second-order valence-electron chi connectivity index (χ2n) is 5.20. The summed E-state index contributed by atoms with van der Waals surface area (Å²) in [4.78, 5) is 0. The number of hydrogen-bond donors (Lipinski definition) is 1. The Morgan fingerprint density at radius 1 is 1.29 bits per heavy atom. The second kappa shape index (κ2) is 8.70. The zero-order valence-corrected chi connectivity index (χ0v) is 13.7. The highest BCUT2D eigenvalue weighted by molar-refractivity contribution is 5.85. The summed E-state index contributed by atoms with van der Waals surface area (Å²) in [5.41, 5.74) is 2.51. The SMILES string of the molecule is COc1cccc(CCNCc2cnn(C(C)C)c2)c1.Cl. The van der Waals surface area contributed by atoms with Crippen LogP contribution in [-0.2, 0) is 13.0 Å². The summed E-state index contributed by atoms with van der Waals surface area (Å²) in [5.74, 6) is 0.917. The van der Waals surface area contributed by atoms with Gasteiger partial charge in [0.1, 0.15) is 5.75 Å². The maximum absolute atomic E-state index is 5.22. The minimum Gasteiger partial charge on any atom is -0.497 e. The van der Waals surface area contributed by atoms with Gasteiger partial charge in [0, 0.05) is 24.3 Å². The van der Waals surface area contributed by atoms with Gasteiger partial charge in [-0.2, -0.15) is 5.10 Å². The Hall–Kier alpha value is -1.52. The van der Waals surface area contributed by atoms with E-state index in [0.717, 1.165) is 25.3 Å². The highest BCUT2D eigenvalue weighted by Gasteiger charge is 2.01. The van der Waals surface area contributed by atoms with E-state index in [-0.39, 0.29) is 12.4 Å². The number of nitrogens with one attached hydrogen (secondary N) is 1. The van der Waals surface area contributed by atoms with Crippen molar-refractivity contribution in [3.05, 3.63) is 47.8 Å². The van der Waals surface area contributed by atoms with E-state index in [2.05, 4.69) is 42.6 Å². The molecule has 4 nitrogen and oxygen atoms in total. The predicted molar refractivity (Wildman–Crippen MR) is 88.3 cm³/mol. The van der Waals surface area contributed by atoms with E-state index in [0.29, 0.717) is 6.04 Å². The summed E-state index contributed by atoms with van der Waals surface area (Å²) < 4.78 is 7.21. The molecule has 1 aromatic carbocycles. The molecule has 0 aliphatic heterocycles. The van der Waals surface area contributed by atoms with Crippen LogP contribution in [-0.4, -0.2) is 23.4 Å². The largest absolute Gasteiger partial charge is 0.497 e. The first-order valence-corrected chi connectivity index (χ1v) is 7.05. The van der Waals surface area contributed by atoms with E-state index in [1.165, 1.54) is 11.1 Å². The molecule has 0 atom stereocenters. The molecule has 1 aromatic heterocycles. The molecule has 0 aliphatic carbocycles. The zero-order valence-electron chi connectivity index (χ0n) is 12.9. The molecule has 0 saturated heterocycles. The third-order valence-corrected chi connectivity index (χ3v) is 3.24. The minimum absolute atomic E-state index is 0. The van der Waals surface area contributed by atoms with Gasteiger partial charge in [-0.05, 0) is 44.5 Å². The van der Waals surface area contributed by atoms with Crippen molar-refractivity contribution in [1.29, 1.82) is 0 Å². The van der Waals surface area contributed by atoms with Crippen LogP contribution in [0, 0.1) is 0 Å². The Morgan fingerprint density at radius 3 is 2.76 bits per heavy atom. The first-order chi connectivity index (χ1) is 9.69. The first-order valence-electron chi connectivity index (χ1n) is 7.05. The lowest BCUT2D eigenvalue weighted by molar-refractivity contribution is 0.414. The highest BCUT2D eigenvalue weighted by Crippen LogP contribution is 2.12. The fourth-order valence-corrected chi connectivity index (χ4v) is 2.04. The molecule has 0 amide bonds. The van der Waals surface area contributed by atoms with Gasteiger partial charge in [0.25, 0.3) is 0 Å². The molecule has 0 unspecified atom stereocenters. The quantitative estimate of drug-likeness (QED) is 0.798. The van der Waals surface area contributed by atoms with Crippen molar-refractivity contribution in [2.24, 2.45) is 0 Å². The standard InChI is InChI=1S/C16H23N3O.ClH/c1-13(2)19-12-15(11-18-19)10-17-8-7-14-5-4-6-16(9-14)20-3;/h4-6,9,11-13,17H,7-8,10H2,1-3H3;1H. The predicted octanol–water partition coefficient (Wildman–Crippen LogP) is 3.23. The van der Waals surface area contributed by atoms with E-state index >= 15 is 0 Å². The Morgan fingerprint density at radius 2 is 2.10 bits per heavy atom. The smallest absolute Gasteiger partial charge is 0.119 e. The fraction of sp³-hybridized carbons (Fsp3) is 0.438. The van der Waals surface area contributed by atoms with Crippen LogP contribution in [0.2, 0.25) is 0 Å². The highest BCUT2D eigenvalue weighted by atomic mass is 35.5. The molecule has 1 heterocycles. The normalized spacial score (nSPS) is 10.5. The molecule has 21 heavy (non-hydrogen) atoms. The van der Waals surface area contributed by atoms with Gasteiger partial charge in [0.2, 0.25) is 0 Å². The molecule has 0 radical (unpaired) electrons. The average molecular weight is 310 g/mol. The van der Waals surface area contributed by atoms with Crippen LogP contribution in [0.25, 0.3) is 0 Å². The van der Waals surface area contributed by atoms with Crippen LogP contribution in [0.4, 0.5) is 0 Å². The fourth-order valence-electron chi connectivity index (χ4n) is 2.04. The molecule has 0 spiro atoms. The van der Waals surface area contributed by atoms with E-state index in [1.54, 1.807) is 7.11 Å².